The number of nitrogens with zero attached hydrogens (tertiary/aromatic N) is 2. The molecule has 5 nitrogen and oxygen atoms in total. The lowest BCUT2D eigenvalue weighted by Gasteiger charge is -2.09. The Bertz CT molecular complexity index is 869. The van der Waals surface area contributed by atoms with Crippen LogP contribution in [0, 0.1) is 6.92 Å². The molecule has 0 saturated carbocycles. The Morgan fingerprint density at radius 2 is 1.64 bits per heavy atom. The zero-order valence-corrected chi connectivity index (χ0v) is 12.8. The van der Waals surface area contributed by atoms with Crippen LogP contribution in [0.3, 0.4) is 0 Å². The Balaban J connectivity index is 1.82. The van der Waals surface area contributed by atoms with Gasteiger partial charge >= 0.3 is 0 Å². The molecule has 0 fully saturated rings. The van der Waals surface area contributed by atoms with Crippen LogP contribution in [0.15, 0.2) is 71.8 Å². The van der Waals surface area contributed by atoms with Gasteiger partial charge in [-0.1, -0.05) is 18.2 Å². The topological polar surface area (TPSA) is 64.0 Å². The van der Waals surface area contributed by atoms with Crippen molar-refractivity contribution in [1.29, 1.82) is 0 Å². The molecule has 1 heterocycles. The summed E-state index contributed by atoms with van der Waals surface area (Å²) in [6, 6.07) is 17.2. The maximum Gasteiger partial charge on any atom is 0.261 e. The summed E-state index contributed by atoms with van der Waals surface area (Å²) in [5.74, 6) is 0. The lowest BCUT2D eigenvalue weighted by atomic mass is 10.3. The fourth-order valence-corrected chi connectivity index (χ4v) is 3.13. The summed E-state index contributed by atoms with van der Waals surface area (Å²) in [5, 5.41) is 4.31. The van der Waals surface area contributed by atoms with Crippen LogP contribution in [-0.4, -0.2) is 18.2 Å². The summed E-state index contributed by atoms with van der Waals surface area (Å²) < 4.78 is 28.8. The highest BCUT2D eigenvalue weighted by atomic mass is 32.2. The molecular formula is C16H15N3O2S. The van der Waals surface area contributed by atoms with E-state index in [1.165, 1.54) is 0 Å². The molecule has 0 unspecified atom stereocenters. The van der Waals surface area contributed by atoms with Crippen molar-refractivity contribution in [2.75, 3.05) is 4.72 Å². The van der Waals surface area contributed by atoms with E-state index < -0.39 is 10.0 Å². The van der Waals surface area contributed by atoms with Gasteiger partial charge in [0, 0.05) is 11.9 Å². The predicted octanol–water partition coefficient (Wildman–Crippen LogP) is 2.98. The van der Waals surface area contributed by atoms with Crippen molar-refractivity contribution in [3.8, 4) is 5.69 Å². The van der Waals surface area contributed by atoms with Gasteiger partial charge in [-0.25, -0.2) is 13.1 Å². The van der Waals surface area contributed by atoms with Gasteiger partial charge in [0.25, 0.3) is 10.0 Å². The van der Waals surface area contributed by atoms with Gasteiger partial charge < -0.3 is 0 Å². The number of anilines is 1. The maximum absolute atomic E-state index is 12.2. The summed E-state index contributed by atoms with van der Waals surface area (Å²) in [5.41, 5.74) is 2.31. The average Bonchev–Trinajstić information content (AvgIpc) is 2.95. The molecule has 0 aliphatic heterocycles. The molecule has 112 valence electrons. The van der Waals surface area contributed by atoms with E-state index in [0.717, 1.165) is 11.4 Å². The van der Waals surface area contributed by atoms with E-state index in [1.54, 1.807) is 47.1 Å². The smallest absolute Gasteiger partial charge is 0.261 e. The van der Waals surface area contributed by atoms with Crippen LogP contribution < -0.4 is 4.72 Å². The van der Waals surface area contributed by atoms with E-state index in [0.29, 0.717) is 5.69 Å². The number of hydrogen-bond acceptors (Lipinski definition) is 3. The Morgan fingerprint density at radius 3 is 2.23 bits per heavy atom. The van der Waals surface area contributed by atoms with Gasteiger partial charge in [-0.15, -0.1) is 0 Å². The average molecular weight is 313 g/mol. The first-order valence-electron chi connectivity index (χ1n) is 6.75. The Morgan fingerprint density at radius 1 is 0.955 bits per heavy atom. The quantitative estimate of drug-likeness (QED) is 0.805. The largest absolute Gasteiger partial charge is 0.280 e. The molecule has 6 heteroatoms. The molecule has 0 saturated heterocycles. The summed E-state index contributed by atoms with van der Waals surface area (Å²) in [7, 11) is -3.56. The molecular weight excluding hydrogens is 298 g/mol. The fourth-order valence-electron chi connectivity index (χ4n) is 2.05. The van der Waals surface area contributed by atoms with E-state index in [1.807, 2.05) is 31.3 Å². The SMILES string of the molecule is Cc1ccn(-c2ccc(NS(=O)(=O)c3ccccc3)cc2)n1. The van der Waals surface area contributed by atoms with Crippen LogP contribution in [0.25, 0.3) is 5.69 Å². The molecule has 0 bridgehead atoms. The third-order valence-corrected chi connectivity index (χ3v) is 4.56. The van der Waals surface area contributed by atoms with Gasteiger partial charge in [0.15, 0.2) is 0 Å². The molecule has 0 aliphatic rings. The van der Waals surface area contributed by atoms with Gasteiger partial charge in [-0.2, -0.15) is 5.10 Å². The highest BCUT2D eigenvalue weighted by molar-refractivity contribution is 7.92. The molecule has 1 N–H and O–H groups in total. The van der Waals surface area contributed by atoms with Crippen molar-refractivity contribution in [3.05, 3.63) is 72.6 Å². The highest BCUT2D eigenvalue weighted by Gasteiger charge is 2.13. The first-order chi connectivity index (χ1) is 10.5. The van der Waals surface area contributed by atoms with Crippen LogP contribution in [-0.2, 0) is 10.0 Å². The van der Waals surface area contributed by atoms with Gasteiger partial charge in [-0.05, 0) is 49.4 Å². The number of nitrogens with one attached hydrogen (secondary N) is 1. The molecule has 3 aromatic rings. The van der Waals surface area contributed by atoms with Gasteiger partial charge in [0.05, 0.1) is 16.3 Å². The lowest BCUT2D eigenvalue weighted by Crippen LogP contribution is -2.12. The molecule has 0 radical (unpaired) electrons. The zero-order chi connectivity index (χ0) is 15.6. The molecule has 3 rings (SSSR count). The van der Waals surface area contributed by atoms with Gasteiger partial charge in [0.2, 0.25) is 0 Å². The second-order valence-electron chi connectivity index (χ2n) is 4.87. The van der Waals surface area contributed by atoms with Crippen LogP contribution in [0.4, 0.5) is 5.69 Å². The second kappa shape index (κ2) is 5.65. The zero-order valence-electron chi connectivity index (χ0n) is 12.0. The molecule has 0 spiro atoms. The predicted molar refractivity (Wildman–Crippen MR) is 85.6 cm³/mol. The highest BCUT2D eigenvalue weighted by Crippen LogP contribution is 2.17. The Hall–Kier alpha value is -2.60. The Kier molecular flexibility index (Phi) is 3.68. The van der Waals surface area contributed by atoms with E-state index in [2.05, 4.69) is 9.82 Å². The minimum Gasteiger partial charge on any atom is -0.280 e. The molecule has 22 heavy (non-hydrogen) atoms. The number of hydrogen-bond donors (Lipinski definition) is 1. The van der Waals surface area contributed by atoms with Crippen molar-refractivity contribution < 1.29 is 8.42 Å². The van der Waals surface area contributed by atoms with Crippen LogP contribution in [0.2, 0.25) is 0 Å². The molecule has 0 amide bonds. The summed E-state index contributed by atoms with van der Waals surface area (Å²) in [6.45, 7) is 1.92. The third kappa shape index (κ3) is 3.01. The Labute approximate surface area is 129 Å². The normalized spacial score (nSPS) is 11.3. The van der Waals surface area contributed by atoms with Crippen LogP contribution in [0.5, 0.6) is 0 Å². The van der Waals surface area contributed by atoms with Gasteiger partial charge in [-0.3, -0.25) is 4.72 Å². The molecule has 2 aromatic carbocycles. The second-order valence-corrected chi connectivity index (χ2v) is 6.55. The maximum atomic E-state index is 12.2. The van der Waals surface area contributed by atoms with Crippen molar-refractivity contribution in [1.82, 2.24) is 9.78 Å². The van der Waals surface area contributed by atoms with Crippen molar-refractivity contribution >= 4 is 15.7 Å². The number of rotatable bonds is 4. The molecule has 1 aromatic heterocycles. The third-order valence-electron chi connectivity index (χ3n) is 3.16. The van der Waals surface area contributed by atoms with Gasteiger partial charge in [0.1, 0.15) is 0 Å². The fraction of sp³-hybridized carbons (Fsp3) is 0.0625. The van der Waals surface area contributed by atoms with Crippen molar-refractivity contribution in [2.45, 2.75) is 11.8 Å². The van der Waals surface area contributed by atoms with E-state index >= 15 is 0 Å². The number of benzene rings is 2. The number of sulfonamides is 1. The number of aryl methyl sites for hydroxylation is 1. The first kappa shape index (κ1) is 14.3. The van der Waals surface area contributed by atoms with Crippen LogP contribution in [0.1, 0.15) is 5.69 Å². The van der Waals surface area contributed by atoms with E-state index in [9.17, 15) is 8.42 Å². The molecule has 0 atom stereocenters. The van der Waals surface area contributed by atoms with Crippen molar-refractivity contribution in [3.63, 3.8) is 0 Å². The lowest BCUT2D eigenvalue weighted by molar-refractivity contribution is 0.601. The summed E-state index contributed by atoms with van der Waals surface area (Å²) >= 11 is 0. The minimum atomic E-state index is -3.56. The molecule has 0 aliphatic carbocycles. The summed E-state index contributed by atoms with van der Waals surface area (Å²) in [4.78, 5) is 0.238. The van der Waals surface area contributed by atoms with E-state index in [4.69, 9.17) is 0 Å². The first-order valence-corrected chi connectivity index (χ1v) is 8.23. The minimum absolute atomic E-state index is 0.238. The van der Waals surface area contributed by atoms with Crippen LogP contribution >= 0.6 is 0 Å². The standard InChI is InChI=1S/C16H15N3O2S/c1-13-11-12-19(17-13)15-9-7-14(8-10-15)18-22(20,21)16-5-3-2-4-6-16/h2-12,18H,1H3. The van der Waals surface area contributed by atoms with E-state index in [-0.39, 0.29) is 4.90 Å². The van der Waals surface area contributed by atoms with Crippen molar-refractivity contribution in [2.24, 2.45) is 0 Å². The summed E-state index contributed by atoms with van der Waals surface area (Å²) in [6.07, 6.45) is 1.86. The monoisotopic (exact) mass is 313 g/mol. The number of aromatic nitrogens is 2.